The molecular weight excluding hydrogens is 298 g/mol. The fraction of sp³-hybridized carbons (Fsp3) is 0.400. The number of hydrogen-bond acceptors (Lipinski definition) is 7. The van der Waals surface area contributed by atoms with Crippen molar-refractivity contribution >= 4 is 11.6 Å². The normalized spacial score (nSPS) is 21.1. The Morgan fingerprint density at radius 2 is 2.26 bits per heavy atom. The quantitative estimate of drug-likeness (QED) is 0.587. The summed E-state index contributed by atoms with van der Waals surface area (Å²) in [6.07, 6.45) is 2.22. The zero-order chi connectivity index (χ0) is 16.2. The Hall–Kier alpha value is -2.61. The van der Waals surface area contributed by atoms with Crippen LogP contribution < -0.4 is 31.0 Å². The second-order valence-corrected chi connectivity index (χ2v) is 5.34. The molecule has 0 aromatic heterocycles. The van der Waals surface area contributed by atoms with E-state index in [-0.39, 0.29) is 12.2 Å². The summed E-state index contributed by atoms with van der Waals surface area (Å²) in [5.74, 6) is 1.31. The maximum absolute atomic E-state index is 12.1. The van der Waals surface area contributed by atoms with Crippen molar-refractivity contribution in [3.63, 3.8) is 0 Å². The zero-order valence-electron chi connectivity index (χ0n) is 13.2. The van der Waals surface area contributed by atoms with Crippen LogP contribution in [0, 0.1) is 0 Å². The summed E-state index contributed by atoms with van der Waals surface area (Å²) in [6.45, 7) is 1.08. The van der Waals surface area contributed by atoms with E-state index in [2.05, 4.69) is 21.5 Å². The van der Waals surface area contributed by atoms with Crippen molar-refractivity contribution in [3.8, 4) is 11.5 Å². The molecule has 124 valence electrons. The first-order valence-electron chi connectivity index (χ1n) is 7.48. The van der Waals surface area contributed by atoms with E-state index in [1.807, 2.05) is 30.1 Å². The van der Waals surface area contributed by atoms with E-state index in [0.717, 1.165) is 17.9 Å². The number of nitrogens with one attached hydrogen (secondary N) is 4. The second kappa shape index (κ2) is 6.66. The molecule has 3 aliphatic heterocycles. The molecule has 1 atom stereocenters. The van der Waals surface area contributed by atoms with Gasteiger partial charge in [0.2, 0.25) is 0 Å². The minimum absolute atomic E-state index is 0.157. The lowest BCUT2D eigenvalue weighted by molar-refractivity contribution is -0.118. The highest BCUT2D eigenvalue weighted by Gasteiger charge is 2.22. The summed E-state index contributed by atoms with van der Waals surface area (Å²) in [4.78, 5) is 13.9. The molecule has 1 unspecified atom stereocenters. The minimum atomic E-state index is -0.251. The van der Waals surface area contributed by atoms with Crippen molar-refractivity contribution in [1.82, 2.24) is 21.1 Å². The topological polar surface area (TPSA) is 86.9 Å². The lowest BCUT2D eigenvalue weighted by Gasteiger charge is -2.35. The molecule has 0 aliphatic carbocycles. The molecule has 0 radical (unpaired) electrons. The Balaban J connectivity index is 1.90. The first-order valence-corrected chi connectivity index (χ1v) is 7.48. The lowest BCUT2D eigenvalue weighted by atomic mass is 10.2. The summed E-state index contributed by atoms with van der Waals surface area (Å²) in [5, 5.41) is 6.17. The van der Waals surface area contributed by atoms with Crippen LogP contribution in [-0.2, 0) is 4.79 Å². The number of rotatable bonds is 1. The highest BCUT2D eigenvalue weighted by atomic mass is 16.5. The Morgan fingerprint density at radius 3 is 3.04 bits per heavy atom. The van der Waals surface area contributed by atoms with Gasteiger partial charge < -0.3 is 30.4 Å². The monoisotopic (exact) mass is 319 g/mol. The Labute approximate surface area is 134 Å². The number of methoxy groups -OCH3 is 1. The van der Waals surface area contributed by atoms with Crippen LogP contribution in [0.2, 0.25) is 0 Å². The molecular formula is C15H21N5O3. The molecule has 4 N–H and O–H groups in total. The molecule has 0 saturated carbocycles. The van der Waals surface area contributed by atoms with Crippen LogP contribution in [-0.4, -0.2) is 44.4 Å². The molecule has 0 fully saturated rings. The Morgan fingerprint density at radius 1 is 1.39 bits per heavy atom. The van der Waals surface area contributed by atoms with Gasteiger partial charge in [-0.3, -0.25) is 4.79 Å². The molecule has 3 aliphatic rings. The summed E-state index contributed by atoms with van der Waals surface area (Å²) in [6, 6.07) is 5.63. The third-order valence-corrected chi connectivity index (χ3v) is 3.67. The van der Waals surface area contributed by atoms with Crippen molar-refractivity contribution in [2.75, 3.05) is 32.6 Å². The van der Waals surface area contributed by atoms with Gasteiger partial charge in [-0.15, -0.1) is 0 Å². The zero-order valence-corrected chi connectivity index (χ0v) is 13.2. The molecule has 8 heteroatoms. The van der Waals surface area contributed by atoms with Gasteiger partial charge in [0, 0.05) is 25.9 Å². The van der Waals surface area contributed by atoms with Crippen molar-refractivity contribution in [3.05, 3.63) is 30.1 Å². The van der Waals surface area contributed by atoms with E-state index in [4.69, 9.17) is 9.47 Å². The highest BCUT2D eigenvalue weighted by molar-refractivity contribution is 5.92. The predicted molar refractivity (Wildman–Crippen MR) is 85.6 cm³/mol. The molecule has 0 saturated heterocycles. The molecule has 1 amide bonds. The SMILES string of the molecule is COc1ccc2cc1NC1NNC(=CN1C)C(=O)NCCCO2. The molecule has 1 aromatic rings. The number of amides is 1. The largest absolute Gasteiger partial charge is 0.495 e. The van der Waals surface area contributed by atoms with Crippen LogP contribution in [0.15, 0.2) is 30.1 Å². The van der Waals surface area contributed by atoms with Gasteiger partial charge in [0.15, 0.2) is 6.29 Å². The van der Waals surface area contributed by atoms with Crippen LogP contribution >= 0.6 is 0 Å². The number of ether oxygens (including phenoxy) is 2. The summed E-state index contributed by atoms with van der Waals surface area (Å²) >= 11 is 0. The smallest absolute Gasteiger partial charge is 0.270 e. The summed E-state index contributed by atoms with van der Waals surface area (Å²) in [7, 11) is 3.50. The van der Waals surface area contributed by atoms with Gasteiger partial charge in [-0.1, -0.05) is 0 Å². The van der Waals surface area contributed by atoms with Gasteiger partial charge in [-0.05, 0) is 18.6 Å². The molecule has 4 rings (SSSR count). The third kappa shape index (κ3) is 3.42. The number of anilines is 1. The van der Waals surface area contributed by atoms with Gasteiger partial charge in [-0.2, -0.15) is 5.43 Å². The molecule has 4 bridgehead atoms. The third-order valence-electron chi connectivity index (χ3n) is 3.67. The van der Waals surface area contributed by atoms with E-state index < -0.39 is 0 Å². The molecule has 1 aromatic carbocycles. The highest BCUT2D eigenvalue weighted by Crippen LogP contribution is 2.30. The van der Waals surface area contributed by atoms with E-state index in [1.165, 1.54) is 0 Å². The van der Waals surface area contributed by atoms with Gasteiger partial charge in [0.05, 0.1) is 19.4 Å². The number of nitrogens with zero attached hydrogens (tertiary/aromatic N) is 1. The second-order valence-electron chi connectivity index (χ2n) is 5.34. The first-order chi connectivity index (χ1) is 11.2. The average Bonchev–Trinajstić information content (AvgIpc) is 2.56. The minimum Gasteiger partial charge on any atom is -0.495 e. The number of carbonyl (C=O) groups excluding carboxylic acids is 1. The standard InChI is InChI=1S/C15H21N5O3/c1-20-9-12-14(21)16-6-3-7-23-10-4-5-13(22-2)11(8-10)17-15(20)19-18-12/h4-5,8-9,15,17-19H,3,6-7H2,1-2H3,(H,16,21). The predicted octanol–water partition coefficient (Wildman–Crippen LogP) is 0.170. The molecule has 23 heavy (non-hydrogen) atoms. The van der Waals surface area contributed by atoms with Crippen LogP contribution in [0.4, 0.5) is 5.69 Å². The lowest BCUT2D eigenvalue weighted by Crippen LogP contribution is -2.57. The number of hydrazine groups is 1. The fourth-order valence-corrected chi connectivity index (χ4v) is 2.41. The average molecular weight is 319 g/mol. The Bertz CT molecular complexity index is 619. The molecule has 3 heterocycles. The number of hydrogen-bond donors (Lipinski definition) is 4. The molecule has 8 nitrogen and oxygen atoms in total. The van der Waals surface area contributed by atoms with Crippen molar-refractivity contribution in [1.29, 1.82) is 0 Å². The summed E-state index contributed by atoms with van der Waals surface area (Å²) < 4.78 is 11.1. The van der Waals surface area contributed by atoms with Crippen LogP contribution in [0.25, 0.3) is 0 Å². The van der Waals surface area contributed by atoms with Gasteiger partial charge >= 0.3 is 0 Å². The van der Waals surface area contributed by atoms with Crippen LogP contribution in [0.5, 0.6) is 11.5 Å². The van der Waals surface area contributed by atoms with Gasteiger partial charge in [0.1, 0.15) is 17.2 Å². The Kier molecular flexibility index (Phi) is 4.42. The van der Waals surface area contributed by atoms with Crippen LogP contribution in [0.3, 0.4) is 0 Å². The maximum atomic E-state index is 12.1. The number of benzene rings is 1. The van der Waals surface area contributed by atoms with Crippen molar-refractivity contribution in [2.45, 2.75) is 12.7 Å². The first kappa shape index (κ1) is 15.3. The van der Waals surface area contributed by atoms with Crippen molar-refractivity contribution in [2.24, 2.45) is 0 Å². The van der Waals surface area contributed by atoms with Gasteiger partial charge in [-0.25, -0.2) is 0 Å². The molecule has 0 spiro atoms. The van der Waals surface area contributed by atoms with E-state index in [0.29, 0.717) is 24.6 Å². The van der Waals surface area contributed by atoms with E-state index in [1.54, 1.807) is 13.3 Å². The number of fused-ring (bicyclic) bond motifs is 7. The fourth-order valence-electron chi connectivity index (χ4n) is 2.41. The maximum Gasteiger partial charge on any atom is 0.270 e. The van der Waals surface area contributed by atoms with E-state index >= 15 is 0 Å². The number of carbonyl (C=O) groups is 1. The van der Waals surface area contributed by atoms with Crippen LogP contribution in [0.1, 0.15) is 6.42 Å². The van der Waals surface area contributed by atoms with E-state index in [9.17, 15) is 4.79 Å². The van der Waals surface area contributed by atoms with Gasteiger partial charge in [0.25, 0.3) is 5.91 Å². The summed E-state index contributed by atoms with van der Waals surface area (Å²) in [5.41, 5.74) is 7.24. The van der Waals surface area contributed by atoms with Crippen molar-refractivity contribution < 1.29 is 14.3 Å².